The Morgan fingerprint density at radius 2 is 1.15 bits per heavy atom. The summed E-state index contributed by atoms with van der Waals surface area (Å²) in [5.41, 5.74) is 0. The number of ether oxygens (including phenoxy) is 3. The largest absolute Gasteiger partial charge is 0.328 e. The van der Waals surface area contributed by atoms with Crippen LogP contribution in [0.25, 0.3) is 0 Å². The van der Waals surface area contributed by atoms with Crippen molar-refractivity contribution in [3.8, 4) is 0 Å². The minimum Gasteiger partial charge on any atom is -0.328 e. The third kappa shape index (κ3) is 11.5. The Kier molecular flexibility index (Phi) is 18.1. The van der Waals surface area contributed by atoms with Gasteiger partial charge < -0.3 is 19.5 Å². The van der Waals surface area contributed by atoms with Gasteiger partial charge in [-0.25, -0.2) is 0 Å². The quantitative estimate of drug-likeness (QED) is 0.213. The molecule has 1 atom stereocenters. The lowest BCUT2D eigenvalue weighted by Gasteiger charge is -2.39. The van der Waals surface area contributed by atoms with Crippen LogP contribution in [0.2, 0.25) is 0 Å². The van der Waals surface area contributed by atoms with E-state index in [1.807, 2.05) is 20.8 Å². The van der Waals surface area contributed by atoms with Crippen LogP contribution in [0.1, 0.15) is 98.8 Å². The Morgan fingerprint density at radius 1 is 0.615 bits per heavy atom. The number of unbranched alkanes of at least 4 members (excludes halogenated alkanes) is 6. The van der Waals surface area contributed by atoms with E-state index >= 15 is 0 Å². The van der Waals surface area contributed by atoms with E-state index in [1.54, 1.807) is 0 Å². The highest BCUT2D eigenvalue weighted by Crippen LogP contribution is 2.33. The van der Waals surface area contributed by atoms with Crippen LogP contribution in [0.15, 0.2) is 0 Å². The van der Waals surface area contributed by atoms with Gasteiger partial charge in [-0.05, 0) is 53.1 Å². The molecule has 26 heavy (non-hydrogen) atoms. The zero-order valence-electron chi connectivity index (χ0n) is 18.4. The summed E-state index contributed by atoms with van der Waals surface area (Å²) in [4.78, 5) is 0. The molecule has 1 unspecified atom stereocenters. The molecule has 0 saturated carbocycles. The van der Waals surface area contributed by atoms with Crippen molar-refractivity contribution >= 4 is 0 Å². The molecule has 0 aliphatic heterocycles. The van der Waals surface area contributed by atoms with Crippen molar-refractivity contribution in [3.05, 3.63) is 0 Å². The second-order valence-corrected chi connectivity index (χ2v) is 7.05. The Morgan fingerprint density at radius 3 is 1.69 bits per heavy atom. The maximum Gasteiger partial charge on any atom is 0.285 e. The second kappa shape index (κ2) is 18.2. The highest BCUT2D eigenvalue weighted by molar-refractivity contribution is 4.74. The summed E-state index contributed by atoms with van der Waals surface area (Å²) in [7, 11) is 0. The molecule has 1 N–H and O–H groups in total. The van der Waals surface area contributed by atoms with Crippen LogP contribution in [-0.2, 0) is 14.2 Å². The van der Waals surface area contributed by atoms with E-state index in [9.17, 15) is 0 Å². The van der Waals surface area contributed by atoms with Gasteiger partial charge in [0.05, 0.1) is 0 Å². The number of rotatable bonds is 20. The van der Waals surface area contributed by atoms with Crippen molar-refractivity contribution < 1.29 is 14.2 Å². The van der Waals surface area contributed by atoms with E-state index in [1.165, 1.54) is 51.4 Å². The van der Waals surface area contributed by atoms with Crippen molar-refractivity contribution in [1.29, 1.82) is 0 Å². The fourth-order valence-corrected chi connectivity index (χ4v) is 3.45. The van der Waals surface area contributed by atoms with Gasteiger partial charge in [-0.15, -0.1) is 0 Å². The minimum atomic E-state index is -0.881. The van der Waals surface area contributed by atoms with Crippen LogP contribution in [0, 0.1) is 5.92 Å². The average Bonchev–Trinajstić information content (AvgIpc) is 2.63. The number of hydrogen-bond donors (Lipinski definition) is 1. The Bertz CT molecular complexity index is 270. The Hall–Kier alpha value is -0.160. The summed E-state index contributed by atoms with van der Waals surface area (Å²) in [6.07, 6.45) is 12.4. The SMILES string of the molecule is CCCCCCCCC(CCNCCCC)C(OCC)(OCC)OCC. The average molecular weight is 374 g/mol. The highest BCUT2D eigenvalue weighted by atomic mass is 16.9. The first-order chi connectivity index (χ1) is 12.7. The lowest BCUT2D eigenvalue weighted by Crippen LogP contribution is -2.47. The van der Waals surface area contributed by atoms with Crippen LogP contribution in [0.4, 0.5) is 0 Å². The lowest BCUT2D eigenvalue weighted by atomic mass is 9.94. The number of hydrogen-bond acceptors (Lipinski definition) is 4. The van der Waals surface area contributed by atoms with E-state index in [2.05, 4.69) is 19.2 Å². The normalized spacial score (nSPS) is 13.3. The first kappa shape index (κ1) is 25.8. The number of nitrogens with one attached hydrogen (secondary N) is 1. The molecule has 4 heteroatoms. The molecule has 0 radical (unpaired) electrons. The highest BCUT2D eigenvalue weighted by Gasteiger charge is 2.41. The van der Waals surface area contributed by atoms with Crippen LogP contribution < -0.4 is 5.32 Å². The molecule has 0 heterocycles. The molecule has 0 aromatic carbocycles. The second-order valence-electron chi connectivity index (χ2n) is 7.05. The van der Waals surface area contributed by atoms with Crippen molar-refractivity contribution in [3.63, 3.8) is 0 Å². The lowest BCUT2D eigenvalue weighted by molar-refractivity contribution is -0.403. The van der Waals surface area contributed by atoms with Crippen molar-refractivity contribution in [2.75, 3.05) is 32.9 Å². The zero-order chi connectivity index (χ0) is 19.5. The van der Waals surface area contributed by atoms with E-state index in [4.69, 9.17) is 14.2 Å². The summed E-state index contributed by atoms with van der Waals surface area (Å²) in [6.45, 7) is 14.5. The molecule has 0 bridgehead atoms. The van der Waals surface area contributed by atoms with Gasteiger partial charge in [0.2, 0.25) is 0 Å². The molecule has 4 nitrogen and oxygen atoms in total. The molecule has 0 saturated heterocycles. The molecule has 0 spiro atoms. The summed E-state index contributed by atoms with van der Waals surface area (Å²) in [5, 5.41) is 3.57. The molecule has 0 rings (SSSR count). The Balaban J connectivity index is 4.74. The first-order valence-corrected chi connectivity index (χ1v) is 11.3. The van der Waals surface area contributed by atoms with Gasteiger partial charge in [-0.2, -0.15) is 0 Å². The van der Waals surface area contributed by atoms with Gasteiger partial charge in [0.15, 0.2) is 0 Å². The first-order valence-electron chi connectivity index (χ1n) is 11.3. The molecular weight excluding hydrogens is 326 g/mol. The van der Waals surface area contributed by atoms with E-state index in [0.717, 1.165) is 25.9 Å². The Labute approximate surface area is 163 Å². The van der Waals surface area contributed by atoms with E-state index < -0.39 is 5.97 Å². The standard InChI is InChI=1S/C22H47NO3/c1-6-11-13-14-15-16-17-21(18-20-23-19-12-7-2)22(24-8-3,25-9-4)26-10-5/h21,23H,6-20H2,1-5H3. The van der Waals surface area contributed by atoms with Crippen molar-refractivity contribution in [1.82, 2.24) is 5.32 Å². The molecule has 0 amide bonds. The third-order valence-electron chi connectivity index (χ3n) is 4.82. The molecule has 0 aromatic rings. The van der Waals surface area contributed by atoms with Gasteiger partial charge in [-0.1, -0.05) is 58.8 Å². The molecule has 0 aromatic heterocycles. The van der Waals surface area contributed by atoms with Gasteiger partial charge >= 0.3 is 0 Å². The minimum absolute atomic E-state index is 0.266. The molecular formula is C22H47NO3. The molecule has 0 aliphatic carbocycles. The third-order valence-corrected chi connectivity index (χ3v) is 4.82. The van der Waals surface area contributed by atoms with Crippen molar-refractivity contribution in [2.45, 2.75) is 105 Å². The predicted molar refractivity (Wildman–Crippen MR) is 111 cm³/mol. The van der Waals surface area contributed by atoms with Crippen LogP contribution in [0.5, 0.6) is 0 Å². The monoisotopic (exact) mass is 373 g/mol. The summed E-state index contributed by atoms with van der Waals surface area (Å²) in [5.74, 6) is -0.615. The van der Waals surface area contributed by atoms with Gasteiger partial charge in [0.25, 0.3) is 5.97 Å². The summed E-state index contributed by atoms with van der Waals surface area (Å²) in [6, 6.07) is 0. The molecule has 158 valence electrons. The van der Waals surface area contributed by atoms with Crippen LogP contribution in [-0.4, -0.2) is 38.9 Å². The molecule has 0 fully saturated rings. The van der Waals surface area contributed by atoms with Crippen molar-refractivity contribution in [2.24, 2.45) is 5.92 Å². The summed E-state index contributed by atoms with van der Waals surface area (Å²) < 4.78 is 18.2. The molecule has 0 aliphatic rings. The zero-order valence-corrected chi connectivity index (χ0v) is 18.4. The predicted octanol–water partition coefficient (Wildman–Crippen LogP) is 5.90. The topological polar surface area (TPSA) is 39.7 Å². The van der Waals surface area contributed by atoms with Gasteiger partial charge in [-0.3, -0.25) is 0 Å². The van der Waals surface area contributed by atoms with E-state index in [0.29, 0.717) is 19.8 Å². The fraction of sp³-hybridized carbons (Fsp3) is 1.00. The van der Waals surface area contributed by atoms with Crippen LogP contribution >= 0.6 is 0 Å². The summed E-state index contributed by atoms with van der Waals surface area (Å²) >= 11 is 0. The maximum absolute atomic E-state index is 6.07. The fourth-order valence-electron chi connectivity index (χ4n) is 3.45. The van der Waals surface area contributed by atoms with E-state index in [-0.39, 0.29) is 5.92 Å². The van der Waals surface area contributed by atoms with Gasteiger partial charge in [0.1, 0.15) is 0 Å². The smallest absolute Gasteiger partial charge is 0.285 e. The van der Waals surface area contributed by atoms with Crippen LogP contribution in [0.3, 0.4) is 0 Å². The van der Waals surface area contributed by atoms with Gasteiger partial charge in [0, 0.05) is 25.7 Å². The maximum atomic E-state index is 6.07.